The van der Waals surface area contributed by atoms with Crippen LogP contribution < -0.4 is 4.90 Å². The minimum absolute atomic E-state index is 0.148. The van der Waals surface area contributed by atoms with E-state index in [2.05, 4.69) is 34.8 Å². The second kappa shape index (κ2) is 8.63. The van der Waals surface area contributed by atoms with E-state index in [4.69, 9.17) is 9.72 Å². The molecule has 3 fully saturated rings. The minimum Gasteiger partial charge on any atom is -0.450 e. The van der Waals surface area contributed by atoms with Crippen molar-refractivity contribution in [3.8, 4) is 11.1 Å². The maximum absolute atomic E-state index is 12.0. The number of nitrogens with zero attached hydrogens (tertiary/aromatic N) is 6. The molecule has 0 N–H and O–H groups in total. The van der Waals surface area contributed by atoms with E-state index in [0.29, 0.717) is 18.1 Å². The fraction of sp³-hybridized carbons (Fsp3) is 0.640. The number of piperazine rings is 1. The van der Waals surface area contributed by atoms with Crippen molar-refractivity contribution in [3.05, 3.63) is 29.7 Å². The van der Waals surface area contributed by atoms with E-state index in [1.807, 2.05) is 35.8 Å². The van der Waals surface area contributed by atoms with Crippen molar-refractivity contribution in [1.82, 2.24) is 24.6 Å². The van der Waals surface area contributed by atoms with E-state index >= 15 is 0 Å². The first kappa shape index (κ1) is 22.2. The van der Waals surface area contributed by atoms with Crippen molar-refractivity contribution in [2.45, 2.75) is 46.1 Å². The fourth-order valence-corrected chi connectivity index (χ4v) is 6.19. The highest BCUT2D eigenvalue weighted by molar-refractivity contribution is 5.79. The van der Waals surface area contributed by atoms with Gasteiger partial charge in [0.25, 0.3) is 0 Å². The SMILES string of the molecule is CCOC(=O)N1CC2(CC[C@@H](N3CCN(c4ncccc4-c4c(C)nn(C)c4C)CC3)C2)C1. The van der Waals surface area contributed by atoms with E-state index in [1.54, 1.807) is 0 Å². The first-order chi connectivity index (χ1) is 15.9. The van der Waals surface area contributed by atoms with Crippen molar-refractivity contribution < 1.29 is 9.53 Å². The van der Waals surface area contributed by atoms with Crippen molar-refractivity contribution in [3.63, 3.8) is 0 Å². The molecule has 0 radical (unpaired) electrons. The van der Waals surface area contributed by atoms with Crippen molar-refractivity contribution >= 4 is 11.9 Å². The number of amides is 1. The van der Waals surface area contributed by atoms with Gasteiger partial charge in [-0.3, -0.25) is 9.58 Å². The summed E-state index contributed by atoms with van der Waals surface area (Å²) in [7, 11) is 2.00. The molecule has 2 aliphatic heterocycles. The van der Waals surface area contributed by atoms with Gasteiger partial charge >= 0.3 is 6.09 Å². The molecule has 0 aromatic carbocycles. The number of carbonyl (C=O) groups is 1. The molecule has 1 spiro atoms. The number of aryl methyl sites for hydroxylation is 2. The van der Waals surface area contributed by atoms with Gasteiger partial charge in [0.05, 0.1) is 12.3 Å². The standard InChI is InChI=1S/C25H36N6O2/c1-5-33-24(32)31-16-25(17-31)9-8-20(15-25)29-11-13-30(14-12-29)23-21(7-6-10-26-23)22-18(2)27-28(4)19(22)3/h6-7,10,20H,5,8-9,11-17H2,1-4H3/t20-/m1/s1. The summed E-state index contributed by atoms with van der Waals surface area (Å²) in [5.74, 6) is 1.07. The fourth-order valence-electron chi connectivity index (χ4n) is 6.19. The van der Waals surface area contributed by atoms with Crippen LogP contribution in [0, 0.1) is 19.3 Å². The first-order valence-electron chi connectivity index (χ1n) is 12.3. The Morgan fingerprint density at radius 2 is 1.97 bits per heavy atom. The number of anilines is 1. The lowest BCUT2D eigenvalue weighted by molar-refractivity contribution is -0.00294. The maximum atomic E-state index is 12.0. The molecule has 1 saturated carbocycles. The Balaban J connectivity index is 1.21. The normalized spacial score (nSPS) is 22.6. The second-order valence-electron chi connectivity index (χ2n) is 10.0. The molecule has 2 aromatic rings. The smallest absolute Gasteiger partial charge is 0.409 e. The quantitative estimate of drug-likeness (QED) is 0.710. The summed E-state index contributed by atoms with van der Waals surface area (Å²) >= 11 is 0. The molecule has 1 aliphatic carbocycles. The molecule has 8 nitrogen and oxygen atoms in total. The van der Waals surface area contributed by atoms with Crippen LogP contribution in [0.5, 0.6) is 0 Å². The van der Waals surface area contributed by atoms with Crippen LogP contribution in [0.4, 0.5) is 10.6 Å². The molecule has 0 unspecified atom stereocenters. The average molecular weight is 453 g/mol. The van der Waals surface area contributed by atoms with Gasteiger partial charge in [0.2, 0.25) is 0 Å². The lowest BCUT2D eigenvalue weighted by Crippen LogP contribution is -2.58. The monoisotopic (exact) mass is 452 g/mol. The molecular weight excluding hydrogens is 416 g/mol. The van der Waals surface area contributed by atoms with Gasteiger partial charge in [-0.15, -0.1) is 0 Å². The molecule has 3 aliphatic rings. The molecule has 0 bridgehead atoms. The van der Waals surface area contributed by atoms with Gasteiger partial charge in [0.1, 0.15) is 5.82 Å². The first-order valence-corrected chi connectivity index (χ1v) is 12.3. The van der Waals surface area contributed by atoms with Crippen LogP contribution >= 0.6 is 0 Å². The van der Waals surface area contributed by atoms with Gasteiger partial charge in [-0.2, -0.15) is 5.10 Å². The molecule has 4 heterocycles. The topological polar surface area (TPSA) is 66.7 Å². The van der Waals surface area contributed by atoms with Crippen LogP contribution in [0.25, 0.3) is 11.1 Å². The van der Waals surface area contributed by atoms with Crippen LogP contribution in [0.2, 0.25) is 0 Å². The van der Waals surface area contributed by atoms with Crippen LogP contribution in [-0.4, -0.2) is 82.6 Å². The van der Waals surface area contributed by atoms with Gasteiger partial charge < -0.3 is 14.5 Å². The van der Waals surface area contributed by atoms with Crippen LogP contribution in [-0.2, 0) is 11.8 Å². The third-order valence-corrected chi connectivity index (χ3v) is 7.95. The predicted octanol–water partition coefficient (Wildman–Crippen LogP) is 3.23. The van der Waals surface area contributed by atoms with Gasteiger partial charge in [0, 0.05) is 80.8 Å². The Morgan fingerprint density at radius 1 is 1.21 bits per heavy atom. The molecule has 1 amide bonds. The number of hydrogen-bond donors (Lipinski definition) is 0. The molecule has 2 aromatic heterocycles. The number of hydrogen-bond acceptors (Lipinski definition) is 6. The molecule has 33 heavy (non-hydrogen) atoms. The maximum Gasteiger partial charge on any atom is 0.409 e. The molecular formula is C25H36N6O2. The second-order valence-corrected chi connectivity index (χ2v) is 10.0. The van der Waals surface area contributed by atoms with Gasteiger partial charge in [-0.25, -0.2) is 9.78 Å². The summed E-state index contributed by atoms with van der Waals surface area (Å²) in [6.45, 7) is 12.3. The lowest BCUT2D eigenvalue weighted by atomic mass is 9.78. The van der Waals surface area contributed by atoms with Crippen molar-refractivity contribution in [2.24, 2.45) is 12.5 Å². The van der Waals surface area contributed by atoms with E-state index in [9.17, 15) is 4.79 Å². The Morgan fingerprint density at radius 3 is 2.64 bits per heavy atom. The summed E-state index contributed by atoms with van der Waals surface area (Å²) in [6, 6.07) is 4.83. The zero-order chi connectivity index (χ0) is 23.2. The highest BCUT2D eigenvalue weighted by Gasteiger charge is 2.51. The van der Waals surface area contributed by atoms with Crippen LogP contribution in [0.3, 0.4) is 0 Å². The average Bonchev–Trinajstić information content (AvgIpc) is 3.34. The zero-order valence-corrected chi connectivity index (χ0v) is 20.4. The minimum atomic E-state index is -0.148. The molecule has 178 valence electrons. The number of ether oxygens (including phenoxy) is 1. The van der Waals surface area contributed by atoms with Crippen LogP contribution in [0.15, 0.2) is 18.3 Å². The summed E-state index contributed by atoms with van der Waals surface area (Å²) in [4.78, 5) is 23.7. The summed E-state index contributed by atoms with van der Waals surface area (Å²) in [5, 5.41) is 4.62. The molecule has 5 rings (SSSR count). The third-order valence-electron chi connectivity index (χ3n) is 7.95. The number of carbonyl (C=O) groups excluding carboxylic acids is 1. The van der Waals surface area contributed by atoms with E-state index in [1.165, 1.54) is 36.1 Å². The van der Waals surface area contributed by atoms with Crippen molar-refractivity contribution in [2.75, 3.05) is 50.8 Å². The highest BCUT2D eigenvalue weighted by atomic mass is 16.6. The summed E-state index contributed by atoms with van der Waals surface area (Å²) in [6.07, 6.45) is 5.41. The van der Waals surface area contributed by atoms with E-state index in [-0.39, 0.29) is 6.09 Å². The molecule has 8 heteroatoms. The Bertz CT molecular complexity index is 1020. The predicted molar refractivity (Wildman–Crippen MR) is 128 cm³/mol. The Kier molecular flexibility index (Phi) is 5.80. The third kappa shape index (κ3) is 3.98. The zero-order valence-electron chi connectivity index (χ0n) is 20.4. The summed E-state index contributed by atoms with van der Waals surface area (Å²) < 4.78 is 7.12. The number of likely N-dealkylation sites (tertiary alicyclic amines) is 1. The van der Waals surface area contributed by atoms with E-state index in [0.717, 1.165) is 50.8 Å². The number of pyridine rings is 1. The van der Waals surface area contributed by atoms with E-state index < -0.39 is 0 Å². The van der Waals surface area contributed by atoms with Gasteiger partial charge in [0.15, 0.2) is 0 Å². The Hall–Kier alpha value is -2.61. The molecule has 1 atom stereocenters. The van der Waals surface area contributed by atoms with Gasteiger partial charge in [-0.05, 0) is 52.2 Å². The van der Waals surface area contributed by atoms with Crippen molar-refractivity contribution in [1.29, 1.82) is 0 Å². The lowest BCUT2D eigenvalue weighted by Gasteiger charge is -2.48. The number of rotatable bonds is 4. The van der Waals surface area contributed by atoms with Crippen LogP contribution in [0.1, 0.15) is 37.6 Å². The summed E-state index contributed by atoms with van der Waals surface area (Å²) in [5.41, 5.74) is 4.93. The number of aromatic nitrogens is 3. The van der Waals surface area contributed by atoms with Gasteiger partial charge in [-0.1, -0.05) is 0 Å². The highest BCUT2D eigenvalue weighted by Crippen LogP contribution is 2.47. The molecule has 2 saturated heterocycles. The largest absolute Gasteiger partial charge is 0.450 e. The Labute approximate surface area is 196 Å².